The van der Waals surface area contributed by atoms with Crippen molar-refractivity contribution in [3.05, 3.63) is 17.5 Å². The van der Waals surface area contributed by atoms with Gasteiger partial charge in [0, 0.05) is 32.5 Å². The Morgan fingerprint density at radius 3 is 2.58 bits per heavy atom. The molecule has 0 saturated heterocycles. The Hall–Kier alpha value is -1.07. The van der Waals surface area contributed by atoms with Crippen LogP contribution in [0.1, 0.15) is 37.4 Å². The van der Waals surface area contributed by atoms with E-state index in [-0.39, 0.29) is 24.5 Å². The maximum atomic E-state index is 13.3. The monoisotopic (exact) mass is 276 g/mol. The van der Waals surface area contributed by atoms with Crippen LogP contribution in [-0.4, -0.2) is 15.7 Å². The quantitative estimate of drug-likeness (QED) is 0.769. The summed E-state index contributed by atoms with van der Waals surface area (Å²) in [5.74, 6) is -5.56. The van der Waals surface area contributed by atoms with Gasteiger partial charge in [-0.1, -0.05) is 0 Å². The minimum absolute atomic E-state index is 0.0255. The van der Waals surface area contributed by atoms with E-state index in [1.807, 2.05) is 0 Å². The second-order valence-corrected chi connectivity index (χ2v) is 6.25. The van der Waals surface area contributed by atoms with Gasteiger partial charge in [0.15, 0.2) is 0 Å². The summed E-state index contributed by atoms with van der Waals surface area (Å²) in [5, 5.41) is 3.89. The number of rotatable bonds is 3. The highest BCUT2D eigenvalue weighted by molar-refractivity contribution is 5.20. The van der Waals surface area contributed by atoms with Gasteiger partial charge in [-0.15, -0.1) is 0 Å². The van der Waals surface area contributed by atoms with Gasteiger partial charge in [0.1, 0.15) is 5.69 Å². The number of halogens is 4. The zero-order chi connectivity index (χ0) is 14.1. The van der Waals surface area contributed by atoms with E-state index in [4.69, 9.17) is 0 Å². The van der Waals surface area contributed by atoms with E-state index in [2.05, 4.69) is 5.10 Å². The van der Waals surface area contributed by atoms with Gasteiger partial charge in [-0.25, -0.2) is 8.78 Å². The first-order chi connectivity index (χ1) is 8.61. The van der Waals surface area contributed by atoms with Gasteiger partial charge in [0.25, 0.3) is 5.92 Å². The molecular formula is C13H16F4N2. The van der Waals surface area contributed by atoms with E-state index in [0.29, 0.717) is 12.1 Å². The van der Waals surface area contributed by atoms with Crippen molar-refractivity contribution in [2.75, 3.05) is 0 Å². The second-order valence-electron chi connectivity index (χ2n) is 6.25. The second kappa shape index (κ2) is 3.52. The normalized spacial score (nSPS) is 32.4. The van der Waals surface area contributed by atoms with Crippen LogP contribution in [0.15, 0.2) is 6.20 Å². The third kappa shape index (κ3) is 2.15. The maximum absolute atomic E-state index is 13.3. The Morgan fingerprint density at radius 2 is 2.11 bits per heavy atom. The topological polar surface area (TPSA) is 17.8 Å². The third-order valence-electron chi connectivity index (χ3n) is 4.35. The molecule has 19 heavy (non-hydrogen) atoms. The van der Waals surface area contributed by atoms with Crippen LogP contribution >= 0.6 is 0 Å². The van der Waals surface area contributed by atoms with Crippen LogP contribution in [0, 0.1) is 18.3 Å². The van der Waals surface area contributed by atoms with E-state index in [0.717, 1.165) is 13.3 Å². The van der Waals surface area contributed by atoms with Crippen LogP contribution in [0.3, 0.4) is 0 Å². The van der Waals surface area contributed by atoms with Crippen molar-refractivity contribution in [2.45, 2.75) is 51.5 Å². The predicted molar refractivity (Wildman–Crippen MR) is 61.3 cm³/mol. The molecule has 2 unspecified atom stereocenters. The first-order valence-corrected chi connectivity index (χ1v) is 6.42. The van der Waals surface area contributed by atoms with Crippen LogP contribution in [0.4, 0.5) is 17.6 Å². The van der Waals surface area contributed by atoms with E-state index in [9.17, 15) is 17.6 Å². The van der Waals surface area contributed by atoms with Crippen LogP contribution in [0.2, 0.25) is 0 Å². The Bertz CT molecular complexity index is 517. The average Bonchev–Trinajstić information content (AvgIpc) is 2.59. The molecule has 0 bridgehead atoms. The summed E-state index contributed by atoms with van der Waals surface area (Å²) >= 11 is 0. The molecule has 3 rings (SSSR count). The van der Waals surface area contributed by atoms with Gasteiger partial charge in [0.05, 0.1) is 0 Å². The summed E-state index contributed by atoms with van der Waals surface area (Å²) in [7, 11) is 0. The molecular weight excluding hydrogens is 260 g/mol. The number of nitrogens with zero attached hydrogens (tertiary/aromatic N) is 2. The molecule has 0 spiro atoms. The SMILES string of the molecule is Cc1cn(CC23CC2CC(F)(F)C3)nc1C(C)(F)F. The molecule has 0 aromatic carbocycles. The fourth-order valence-corrected chi connectivity index (χ4v) is 3.49. The molecule has 2 aliphatic carbocycles. The van der Waals surface area contributed by atoms with Gasteiger partial charge in [-0.3, -0.25) is 4.68 Å². The number of alkyl halides is 4. The Morgan fingerprint density at radius 1 is 1.42 bits per heavy atom. The average molecular weight is 276 g/mol. The Kier molecular flexibility index (Phi) is 2.40. The van der Waals surface area contributed by atoms with Gasteiger partial charge in [-0.2, -0.15) is 13.9 Å². The van der Waals surface area contributed by atoms with Crippen LogP contribution < -0.4 is 0 Å². The lowest BCUT2D eigenvalue weighted by Crippen LogP contribution is -2.19. The number of aromatic nitrogens is 2. The van der Waals surface area contributed by atoms with Crippen molar-refractivity contribution >= 4 is 0 Å². The van der Waals surface area contributed by atoms with Crippen molar-refractivity contribution in [1.82, 2.24) is 9.78 Å². The van der Waals surface area contributed by atoms with E-state index in [1.165, 1.54) is 10.9 Å². The summed E-state index contributed by atoms with van der Waals surface area (Å²) in [5.41, 5.74) is -0.265. The van der Waals surface area contributed by atoms with Gasteiger partial charge in [0.2, 0.25) is 5.92 Å². The molecule has 0 N–H and O–H groups in total. The van der Waals surface area contributed by atoms with Crippen molar-refractivity contribution in [1.29, 1.82) is 0 Å². The van der Waals surface area contributed by atoms with Crippen LogP contribution in [0.5, 0.6) is 0 Å². The summed E-state index contributed by atoms with van der Waals surface area (Å²) < 4.78 is 54.6. The van der Waals surface area contributed by atoms with Gasteiger partial charge < -0.3 is 0 Å². The van der Waals surface area contributed by atoms with Gasteiger partial charge >= 0.3 is 0 Å². The molecule has 106 valence electrons. The Balaban J connectivity index is 1.79. The molecule has 6 heteroatoms. The van der Waals surface area contributed by atoms with Crippen molar-refractivity contribution in [2.24, 2.45) is 11.3 Å². The van der Waals surface area contributed by atoms with E-state index < -0.39 is 17.3 Å². The lowest BCUT2D eigenvalue weighted by molar-refractivity contribution is -0.0120. The summed E-state index contributed by atoms with van der Waals surface area (Å²) in [6.45, 7) is 2.69. The molecule has 2 nitrogen and oxygen atoms in total. The van der Waals surface area contributed by atoms with E-state index in [1.54, 1.807) is 6.92 Å². The third-order valence-corrected chi connectivity index (χ3v) is 4.35. The van der Waals surface area contributed by atoms with Crippen molar-refractivity contribution in [3.63, 3.8) is 0 Å². The zero-order valence-corrected chi connectivity index (χ0v) is 10.9. The Labute approximate surface area is 108 Å². The lowest BCUT2D eigenvalue weighted by Gasteiger charge is -2.16. The molecule has 1 aromatic rings. The first kappa shape index (κ1) is 12.9. The highest BCUT2D eigenvalue weighted by Gasteiger charge is 2.66. The fourth-order valence-electron chi connectivity index (χ4n) is 3.49. The molecule has 1 aromatic heterocycles. The molecule has 2 fully saturated rings. The zero-order valence-electron chi connectivity index (χ0n) is 10.9. The molecule has 0 radical (unpaired) electrons. The summed E-state index contributed by atoms with van der Waals surface area (Å²) in [4.78, 5) is 0. The maximum Gasteiger partial charge on any atom is 0.289 e. The smallest absolute Gasteiger partial charge is 0.271 e. The predicted octanol–water partition coefficient (Wildman–Crippen LogP) is 3.74. The number of aryl methyl sites for hydroxylation is 1. The van der Waals surface area contributed by atoms with E-state index >= 15 is 0 Å². The summed E-state index contributed by atoms with van der Waals surface area (Å²) in [6.07, 6.45) is 2.10. The molecule has 2 aliphatic rings. The fraction of sp³-hybridized carbons (Fsp3) is 0.769. The largest absolute Gasteiger partial charge is 0.289 e. The molecule has 1 heterocycles. The minimum atomic E-state index is -2.99. The number of hydrogen-bond donors (Lipinski definition) is 0. The number of fused-ring (bicyclic) bond motifs is 1. The van der Waals surface area contributed by atoms with Gasteiger partial charge in [-0.05, 0) is 30.2 Å². The highest BCUT2D eigenvalue weighted by Crippen LogP contribution is 2.68. The number of hydrogen-bond acceptors (Lipinski definition) is 1. The molecule has 2 atom stereocenters. The summed E-state index contributed by atoms with van der Waals surface area (Å²) in [6, 6.07) is 0. The standard InChI is InChI=1S/C13H16F4N2/c1-8-5-19(18-10(8)11(2,14)15)7-12-3-9(12)4-13(16,17)6-12/h5,9H,3-4,6-7H2,1-2H3. The molecule has 0 amide bonds. The lowest BCUT2D eigenvalue weighted by atomic mass is 10.0. The van der Waals surface area contributed by atoms with Crippen molar-refractivity contribution in [3.8, 4) is 0 Å². The first-order valence-electron chi connectivity index (χ1n) is 6.42. The minimum Gasteiger partial charge on any atom is -0.271 e. The highest BCUT2D eigenvalue weighted by atomic mass is 19.3. The van der Waals surface area contributed by atoms with Crippen LogP contribution in [-0.2, 0) is 12.5 Å². The molecule has 2 saturated carbocycles. The van der Waals surface area contributed by atoms with Crippen molar-refractivity contribution < 1.29 is 17.6 Å². The van der Waals surface area contributed by atoms with Crippen LogP contribution in [0.25, 0.3) is 0 Å². The molecule has 0 aliphatic heterocycles.